The maximum Gasteiger partial charge on any atom is 0.165 e. The molecule has 0 bridgehead atoms. The molecule has 0 aliphatic heterocycles. The summed E-state index contributed by atoms with van der Waals surface area (Å²) >= 11 is 0. The standard InChI is InChI=1S/C30H29N5O2/c31-28-27-29(33-19-32-28)35(20-34-27)26-16-21(17-36)25(26)18-37-30(22-10-4-1-5-11-22,23-12-6-2-7-13-23)24-14-8-3-9-15-24/h1-15,19-21,25-26,36H,16-18H2,(H2,31,32,33)/t21-,25-,26-/m1/s1. The SMILES string of the molecule is Nc1ncnc2c1ncn2[C@@H]1C[C@H](CO)[C@H]1COC(c1ccccc1)(c1ccccc1)c1ccccc1. The summed E-state index contributed by atoms with van der Waals surface area (Å²) < 4.78 is 9.14. The fourth-order valence-electron chi connectivity index (χ4n) is 5.66. The van der Waals surface area contributed by atoms with E-state index in [1.165, 1.54) is 6.33 Å². The van der Waals surface area contributed by atoms with E-state index in [0.29, 0.717) is 23.6 Å². The van der Waals surface area contributed by atoms with Crippen molar-refractivity contribution in [1.82, 2.24) is 19.5 Å². The number of anilines is 1. The van der Waals surface area contributed by atoms with Crippen LogP contribution in [-0.2, 0) is 10.3 Å². The minimum atomic E-state index is -0.812. The third-order valence-corrected chi connectivity index (χ3v) is 7.66. The Morgan fingerprint density at radius 3 is 1.95 bits per heavy atom. The lowest BCUT2D eigenvalue weighted by Crippen LogP contribution is -2.45. The van der Waals surface area contributed by atoms with Crippen LogP contribution in [0.15, 0.2) is 104 Å². The number of nitrogen functional groups attached to an aromatic ring is 1. The number of ether oxygens (including phenoxy) is 1. The van der Waals surface area contributed by atoms with Crippen molar-refractivity contribution in [1.29, 1.82) is 0 Å². The van der Waals surface area contributed by atoms with Crippen molar-refractivity contribution in [2.24, 2.45) is 11.8 Å². The monoisotopic (exact) mass is 491 g/mol. The smallest absolute Gasteiger partial charge is 0.165 e. The van der Waals surface area contributed by atoms with Crippen LogP contribution >= 0.6 is 0 Å². The Balaban J connectivity index is 1.41. The molecule has 1 saturated carbocycles. The highest BCUT2D eigenvalue weighted by molar-refractivity contribution is 5.81. The van der Waals surface area contributed by atoms with Gasteiger partial charge in [0.1, 0.15) is 17.4 Å². The molecule has 37 heavy (non-hydrogen) atoms. The van der Waals surface area contributed by atoms with Crippen LogP contribution < -0.4 is 5.73 Å². The van der Waals surface area contributed by atoms with Gasteiger partial charge in [0.2, 0.25) is 0 Å². The van der Waals surface area contributed by atoms with Crippen molar-refractivity contribution in [3.63, 3.8) is 0 Å². The summed E-state index contributed by atoms with van der Waals surface area (Å²) in [5, 5.41) is 10.2. The van der Waals surface area contributed by atoms with Gasteiger partial charge in [0.25, 0.3) is 0 Å². The van der Waals surface area contributed by atoms with Crippen LogP contribution in [-0.4, -0.2) is 37.8 Å². The largest absolute Gasteiger partial charge is 0.396 e. The number of imidazole rings is 1. The molecule has 0 amide bonds. The third-order valence-electron chi connectivity index (χ3n) is 7.66. The van der Waals surface area contributed by atoms with Crippen molar-refractivity contribution in [3.8, 4) is 0 Å². The number of fused-ring (bicyclic) bond motifs is 1. The quantitative estimate of drug-likeness (QED) is 0.308. The van der Waals surface area contributed by atoms with Gasteiger partial charge in [-0.2, -0.15) is 0 Å². The Kier molecular flexibility index (Phi) is 6.16. The van der Waals surface area contributed by atoms with Gasteiger partial charge in [-0.25, -0.2) is 15.0 Å². The van der Waals surface area contributed by atoms with Crippen molar-refractivity contribution in [2.45, 2.75) is 18.1 Å². The van der Waals surface area contributed by atoms with E-state index >= 15 is 0 Å². The van der Waals surface area contributed by atoms with Gasteiger partial charge in [-0.05, 0) is 29.0 Å². The van der Waals surface area contributed by atoms with Gasteiger partial charge in [0.05, 0.1) is 12.9 Å². The first-order chi connectivity index (χ1) is 18.2. The van der Waals surface area contributed by atoms with Crippen LogP contribution in [0.5, 0.6) is 0 Å². The van der Waals surface area contributed by atoms with E-state index in [9.17, 15) is 5.11 Å². The Labute approximate surface area is 215 Å². The van der Waals surface area contributed by atoms with Gasteiger partial charge < -0.3 is 20.1 Å². The van der Waals surface area contributed by atoms with E-state index in [4.69, 9.17) is 10.5 Å². The third kappa shape index (κ3) is 3.97. The number of aliphatic hydroxyl groups excluding tert-OH is 1. The number of nitrogens with zero attached hydrogens (tertiary/aromatic N) is 4. The maximum absolute atomic E-state index is 10.2. The fraction of sp³-hybridized carbons (Fsp3) is 0.233. The molecule has 1 aliphatic rings. The lowest BCUT2D eigenvalue weighted by Gasteiger charge is -2.46. The molecule has 6 rings (SSSR count). The number of aromatic nitrogens is 4. The topological polar surface area (TPSA) is 99.1 Å². The molecule has 1 fully saturated rings. The molecule has 3 aromatic carbocycles. The minimum absolute atomic E-state index is 0.0640. The molecular formula is C30H29N5O2. The van der Waals surface area contributed by atoms with E-state index in [-0.39, 0.29) is 24.5 Å². The van der Waals surface area contributed by atoms with Crippen LogP contribution in [0.3, 0.4) is 0 Å². The van der Waals surface area contributed by atoms with Crippen LogP contribution in [0, 0.1) is 11.8 Å². The van der Waals surface area contributed by atoms with Crippen molar-refractivity contribution in [3.05, 3.63) is 120 Å². The lowest BCUT2D eigenvalue weighted by molar-refractivity contribution is -0.0762. The number of aliphatic hydroxyl groups is 1. The second-order valence-electron chi connectivity index (χ2n) is 9.58. The van der Waals surface area contributed by atoms with Crippen molar-refractivity contribution in [2.75, 3.05) is 18.9 Å². The Hall–Kier alpha value is -4.07. The number of nitrogens with two attached hydrogens (primary N) is 1. The fourth-order valence-corrected chi connectivity index (χ4v) is 5.66. The molecule has 2 aromatic heterocycles. The minimum Gasteiger partial charge on any atom is -0.396 e. The van der Waals surface area contributed by atoms with E-state index in [1.54, 1.807) is 6.33 Å². The number of benzene rings is 3. The average molecular weight is 492 g/mol. The molecule has 7 nitrogen and oxygen atoms in total. The molecule has 0 spiro atoms. The molecule has 7 heteroatoms. The first-order valence-electron chi connectivity index (χ1n) is 12.6. The summed E-state index contributed by atoms with van der Waals surface area (Å²) in [5.74, 6) is 0.543. The summed E-state index contributed by atoms with van der Waals surface area (Å²) in [5.41, 5.74) is 9.69. The van der Waals surface area contributed by atoms with Crippen LogP contribution in [0.25, 0.3) is 11.2 Å². The lowest BCUT2D eigenvalue weighted by atomic mass is 9.69. The normalized spacial score (nSPS) is 19.5. The van der Waals surface area contributed by atoms with Gasteiger partial charge in [-0.1, -0.05) is 91.0 Å². The molecule has 2 heterocycles. The first-order valence-corrected chi connectivity index (χ1v) is 12.6. The van der Waals surface area contributed by atoms with E-state index < -0.39 is 5.60 Å². The molecule has 5 aromatic rings. The van der Waals surface area contributed by atoms with Crippen LogP contribution in [0.2, 0.25) is 0 Å². The van der Waals surface area contributed by atoms with Crippen LogP contribution in [0.4, 0.5) is 5.82 Å². The number of rotatable bonds is 8. The summed E-state index contributed by atoms with van der Waals surface area (Å²) in [6.07, 6.45) is 4.06. The molecule has 1 aliphatic carbocycles. The molecule has 0 unspecified atom stereocenters. The predicted molar refractivity (Wildman–Crippen MR) is 143 cm³/mol. The zero-order valence-corrected chi connectivity index (χ0v) is 20.4. The van der Waals surface area contributed by atoms with Crippen molar-refractivity contribution >= 4 is 17.0 Å². The van der Waals surface area contributed by atoms with E-state index in [0.717, 1.165) is 23.1 Å². The van der Waals surface area contributed by atoms with E-state index in [1.807, 2.05) is 54.6 Å². The highest BCUT2D eigenvalue weighted by Crippen LogP contribution is 2.48. The molecular weight excluding hydrogens is 462 g/mol. The summed E-state index contributed by atoms with van der Waals surface area (Å²) in [6, 6.07) is 31.1. The molecule has 0 radical (unpaired) electrons. The van der Waals surface area contributed by atoms with Gasteiger partial charge in [-0.3, -0.25) is 0 Å². The Bertz CT molecular complexity index is 1380. The zero-order valence-electron chi connectivity index (χ0n) is 20.4. The van der Waals surface area contributed by atoms with Crippen LogP contribution in [0.1, 0.15) is 29.2 Å². The number of hydrogen-bond donors (Lipinski definition) is 2. The van der Waals surface area contributed by atoms with Gasteiger partial charge in [0.15, 0.2) is 11.5 Å². The highest BCUT2D eigenvalue weighted by Gasteiger charge is 2.45. The average Bonchev–Trinajstić information content (AvgIpc) is 3.37. The van der Waals surface area contributed by atoms with E-state index in [2.05, 4.69) is 55.9 Å². The predicted octanol–water partition coefficient (Wildman–Crippen LogP) is 4.59. The second kappa shape index (κ2) is 9.76. The van der Waals surface area contributed by atoms with Gasteiger partial charge in [-0.15, -0.1) is 0 Å². The molecule has 0 saturated heterocycles. The maximum atomic E-state index is 10.2. The highest BCUT2D eigenvalue weighted by atomic mass is 16.5. The summed E-state index contributed by atoms with van der Waals surface area (Å²) in [7, 11) is 0. The van der Waals surface area contributed by atoms with Crippen molar-refractivity contribution < 1.29 is 9.84 Å². The summed E-state index contributed by atoms with van der Waals surface area (Å²) in [6.45, 7) is 0.540. The second-order valence-corrected chi connectivity index (χ2v) is 9.58. The molecule has 186 valence electrons. The molecule has 3 N–H and O–H groups in total. The Morgan fingerprint density at radius 1 is 0.838 bits per heavy atom. The number of hydrogen-bond acceptors (Lipinski definition) is 6. The molecule has 3 atom stereocenters. The first kappa shape index (κ1) is 23.3. The Morgan fingerprint density at radius 2 is 1.41 bits per heavy atom. The zero-order chi connectivity index (χ0) is 25.2. The van der Waals surface area contributed by atoms with Gasteiger partial charge >= 0.3 is 0 Å². The van der Waals surface area contributed by atoms with Gasteiger partial charge in [0, 0.05) is 18.6 Å². The summed E-state index contributed by atoms with van der Waals surface area (Å²) in [4.78, 5) is 13.0.